The molecule has 32 heavy (non-hydrogen) atoms. The monoisotopic (exact) mass is 431 g/mol. The molecule has 0 aliphatic carbocycles. The Hall–Kier alpha value is -3.55. The van der Waals surface area contributed by atoms with Crippen LogP contribution in [-0.2, 0) is 9.53 Å². The third-order valence-electron chi connectivity index (χ3n) is 5.61. The Morgan fingerprint density at radius 1 is 0.875 bits per heavy atom. The number of non-ortho nitro benzene ring substituents is 1. The number of amides is 1. The molecule has 7 nitrogen and oxygen atoms in total. The van der Waals surface area contributed by atoms with Crippen molar-refractivity contribution in [3.63, 3.8) is 0 Å². The van der Waals surface area contributed by atoms with Gasteiger partial charge in [0.15, 0.2) is 0 Å². The van der Waals surface area contributed by atoms with Gasteiger partial charge in [-0.3, -0.25) is 19.8 Å². The van der Waals surface area contributed by atoms with Gasteiger partial charge in [-0.2, -0.15) is 0 Å². The highest BCUT2D eigenvalue weighted by Gasteiger charge is 2.32. The Balaban J connectivity index is 1.69. The van der Waals surface area contributed by atoms with E-state index in [1.54, 1.807) is 12.1 Å². The zero-order chi connectivity index (χ0) is 22.3. The first kappa shape index (κ1) is 21.7. The van der Waals surface area contributed by atoms with Crippen LogP contribution < -0.4 is 5.32 Å². The van der Waals surface area contributed by atoms with Crippen molar-refractivity contribution < 1.29 is 14.5 Å². The summed E-state index contributed by atoms with van der Waals surface area (Å²) in [5, 5.41) is 14.5. The van der Waals surface area contributed by atoms with Crippen LogP contribution in [0, 0.1) is 10.1 Å². The summed E-state index contributed by atoms with van der Waals surface area (Å²) in [6, 6.07) is 24.9. The van der Waals surface area contributed by atoms with Crippen LogP contribution in [0.4, 0.5) is 5.69 Å². The summed E-state index contributed by atoms with van der Waals surface area (Å²) in [7, 11) is 0. The van der Waals surface area contributed by atoms with E-state index in [2.05, 4.69) is 5.32 Å². The number of rotatable bonds is 7. The molecule has 1 N–H and O–H groups in total. The molecule has 0 saturated carbocycles. The van der Waals surface area contributed by atoms with E-state index in [-0.39, 0.29) is 17.6 Å². The Kier molecular flexibility index (Phi) is 6.89. The molecule has 1 heterocycles. The average Bonchev–Trinajstić information content (AvgIpc) is 2.84. The Labute approximate surface area is 186 Å². The Morgan fingerprint density at radius 2 is 1.44 bits per heavy atom. The minimum atomic E-state index is -0.659. The highest BCUT2D eigenvalue weighted by molar-refractivity contribution is 5.84. The second-order valence-corrected chi connectivity index (χ2v) is 7.67. The maximum absolute atomic E-state index is 13.7. The highest BCUT2D eigenvalue weighted by atomic mass is 16.6. The van der Waals surface area contributed by atoms with Crippen molar-refractivity contribution in [2.45, 2.75) is 12.1 Å². The number of hydrogen-bond acceptors (Lipinski definition) is 5. The topological polar surface area (TPSA) is 84.7 Å². The highest BCUT2D eigenvalue weighted by Crippen LogP contribution is 2.28. The van der Waals surface area contributed by atoms with E-state index in [9.17, 15) is 14.9 Å². The van der Waals surface area contributed by atoms with Gasteiger partial charge in [0, 0.05) is 25.2 Å². The Morgan fingerprint density at radius 3 is 2.00 bits per heavy atom. The van der Waals surface area contributed by atoms with Crippen molar-refractivity contribution in [2.75, 3.05) is 26.3 Å². The summed E-state index contributed by atoms with van der Waals surface area (Å²) in [5.41, 5.74) is 2.49. The standard InChI is InChI=1S/C25H25N3O4/c29-25(26-23(19-8-3-1-4-9-19)20-10-5-2-6-11-20)24(27-14-16-32-17-15-27)21-12-7-13-22(18-21)28(30)31/h1-13,18,23-24H,14-17H2,(H,26,29)/t24-/m1/s1. The third-order valence-corrected chi connectivity index (χ3v) is 5.61. The fourth-order valence-corrected chi connectivity index (χ4v) is 4.04. The fourth-order valence-electron chi connectivity index (χ4n) is 4.04. The molecule has 1 atom stereocenters. The largest absolute Gasteiger partial charge is 0.379 e. The SMILES string of the molecule is O=C(NC(c1ccccc1)c1ccccc1)[C@@H](c1cccc([N+](=O)[O-])c1)N1CCOCC1. The second-order valence-electron chi connectivity index (χ2n) is 7.67. The minimum Gasteiger partial charge on any atom is -0.379 e. The molecular weight excluding hydrogens is 406 g/mol. The minimum absolute atomic E-state index is 0.0313. The second kappa shape index (κ2) is 10.2. The van der Waals surface area contributed by atoms with Crippen molar-refractivity contribution in [3.8, 4) is 0 Å². The first-order chi connectivity index (χ1) is 15.6. The molecule has 1 amide bonds. The number of nitrogens with one attached hydrogen (secondary N) is 1. The number of carbonyl (C=O) groups is 1. The predicted molar refractivity (Wildman–Crippen MR) is 121 cm³/mol. The van der Waals surface area contributed by atoms with Crippen molar-refractivity contribution in [1.29, 1.82) is 0 Å². The number of nitrogens with zero attached hydrogens (tertiary/aromatic N) is 2. The smallest absolute Gasteiger partial charge is 0.269 e. The van der Waals surface area contributed by atoms with E-state index >= 15 is 0 Å². The van der Waals surface area contributed by atoms with Gasteiger partial charge in [0.2, 0.25) is 5.91 Å². The average molecular weight is 431 g/mol. The molecule has 0 bridgehead atoms. The van der Waals surface area contributed by atoms with E-state index < -0.39 is 11.0 Å². The van der Waals surface area contributed by atoms with E-state index in [4.69, 9.17) is 4.74 Å². The van der Waals surface area contributed by atoms with Gasteiger partial charge in [-0.15, -0.1) is 0 Å². The number of nitro benzene ring substituents is 1. The van der Waals surface area contributed by atoms with Crippen LogP contribution in [0.25, 0.3) is 0 Å². The van der Waals surface area contributed by atoms with Gasteiger partial charge in [-0.25, -0.2) is 0 Å². The van der Waals surface area contributed by atoms with E-state index in [0.29, 0.717) is 31.9 Å². The van der Waals surface area contributed by atoms with Crippen LogP contribution >= 0.6 is 0 Å². The summed E-state index contributed by atoms with van der Waals surface area (Å²) < 4.78 is 5.47. The normalized spacial score (nSPS) is 15.3. The van der Waals surface area contributed by atoms with Crippen LogP contribution in [0.15, 0.2) is 84.9 Å². The lowest BCUT2D eigenvalue weighted by molar-refractivity contribution is -0.384. The molecule has 1 fully saturated rings. The van der Waals surface area contributed by atoms with Crippen LogP contribution in [-0.4, -0.2) is 42.0 Å². The summed E-state index contributed by atoms with van der Waals surface area (Å²) in [6.07, 6.45) is 0. The molecular formula is C25H25N3O4. The van der Waals surface area contributed by atoms with Gasteiger partial charge in [0.25, 0.3) is 5.69 Å². The molecule has 0 aromatic heterocycles. The number of ether oxygens (including phenoxy) is 1. The predicted octanol–water partition coefficient (Wildman–Crippen LogP) is 3.87. The summed E-state index contributed by atoms with van der Waals surface area (Å²) in [4.78, 5) is 26.6. The Bertz CT molecular complexity index is 1010. The van der Waals surface area contributed by atoms with Crippen molar-refractivity contribution in [1.82, 2.24) is 10.2 Å². The molecule has 1 saturated heterocycles. The first-order valence-electron chi connectivity index (χ1n) is 10.6. The number of morpholine rings is 1. The van der Waals surface area contributed by atoms with E-state index in [0.717, 1.165) is 11.1 Å². The van der Waals surface area contributed by atoms with E-state index in [1.165, 1.54) is 12.1 Å². The van der Waals surface area contributed by atoms with Gasteiger partial charge in [0.05, 0.1) is 24.2 Å². The number of benzene rings is 3. The molecule has 3 aromatic rings. The molecule has 3 aromatic carbocycles. The molecule has 1 aliphatic rings. The van der Waals surface area contributed by atoms with Crippen molar-refractivity contribution in [2.24, 2.45) is 0 Å². The quantitative estimate of drug-likeness (QED) is 0.453. The van der Waals surface area contributed by atoms with Crippen LogP contribution in [0.5, 0.6) is 0 Å². The van der Waals surface area contributed by atoms with Gasteiger partial charge < -0.3 is 10.1 Å². The lowest BCUT2D eigenvalue weighted by Crippen LogP contribution is -2.46. The molecule has 7 heteroatoms. The maximum atomic E-state index is 13.7. The molecule has 1 aliphatic heterocycles. The first-order valence-corrected chi connectivity index (χ1v) is 10.6. The van der Waals surface area contributed by atoms with Gasteiger partial charge in [-0.1, -0.05) is 72.8 Å². The zero-order valence-electron chi connectivity index (χ0n) is 17.6. The molecule has 4 rings (SSSR count). The van der Waals surface area contributed by atoms with E-state index in [1.807, 2.05) is 65.6 Å². The van der Waals surface area contributed by atoms with Crippen molar-refractivity contribution in [3.05, 3.63) is 112 Å². The van der Waals surface area contributed by atoms with Gasteiger partial charge in [0.1, 0.15) is 6.04 Å². The molecule has 0 radical (unpaired) electrons. The van der Waals surface area contributed by atoms with Gasteiger partial charge >= 0.3 is 0 Å². The van der Waals surface area contributed by atoms with Crippen LogP contribution in [0.1, 0.15) is 28.8 Å². The zero-order valence-corrected chi connectivity index (χ0v) is 17.6. The fraction of sp³-hybridized carbons (Fsp3) is 0.240. The number of hydrogen-bond donors (Lipinski definition) is 1. The van der Waals surface area contributed by atoms with Crippen LogP contribution in [0.3, 0.4) is 0 Å². The summed E-state index contributed by atoms with van der Waals surface area (Å²) >= 11 is 0. The number of carbonyl (C=O) groups excluding carboxylic acids is 1. The third kappa shape index (κ3) is 5.01. The summed E-state index contributed by atoms with van der Waals surface area (Å²) in [5.74, 6) is -0.204. The molecule has 164 valence electrons. The lowest BCUT2D eigenvalue weighted by Gasteiger charge is -2.34. The summed E-state index contributed by atoms with van der Waals surface area (Å²) in [6.45, 7) is 2.17. The molecule has 0 unspecified atom stereocenters. The van der Waals surface area contributed by atoms with Crippen LogP contribution in [0.2, 0.25) is 0 Å². The van der Waals surface area contributed by atoms with Gasteiger partial charge in [-0.05, 0) is 16.7 Å². The molecule has 0 spiro atoms. The van der Waals surface area contributed by atoms with Crippen molar-refractivity contribution >= 4 is 11.6 Å². The lowest BCUT2D eigenvalue weighted by atomic mass is 9.97. The maximum Gasteiger partial charge on any atom is 0.269 e. The number of nitro groups is 1.